The minimum Gasteiger partial charge on any atom is -0.335 e. The zero-order valence-corrected chi connectivity index (χ0v) is 15.3. The zero-order chi connectivity index (χ0) is 18.0. The summed E-state index contributed by atoms with van der Waals surface area (Å²) in [5.41, 5.74) is 1.87. The topological polar surface area (TPSA) is 51.0 Å². The Labute approximate surface area is 153 Å². The van der Waals surface area contributed by atoms with Crippen molar-refractivity contribution >= 4 is 21.8 Å². The molecule has 0 aliphatic rings. The van der Waals surface area contributed by atoms with Crippen molar-refractivity contribution in [2.24, 2.45) is 0 Å². The summed E-state index contributed by atoms with van der Waals surface area (Å²) >= 11 is 3.19. The number of carbonyl (C=O) groups excluding carboxylic acids is 1. The number of aromatic nitrogens is 3. The van der Waals surface area contributed by atoms with Crippen molar-refractivity contribution in [1.82, 2.24) is 19.7 Å². The van der Waals surface area contributed by atoms with E-state index in [0.717, 1.165) is 11.3 Å². The van der Waals surface area contributed by atoms with Crippen LogP contribution in [-0.4, -0.2) is 32.6 Å². The van der Waals surface area contributed by atoms with E-state index in [-0.39, 0.29) is 17.5 Å². The quantitative estimate of drug-likeness (QED) is 0.662. The molecule has 0 spiro atoms. The SMILES string of the molecule is CC(c1ccc(-n2cncn2)cc1)N(C)C(=O)c1ccc(Br)cc1F. The monoisotopic (exact) mass is 402 g/mol. The molecule has 0 saturated heterocycles. The summed E-state index contributed by atoms with van der Waals surface area (Å²) in [5, 5.41) is 4.08. The average Bonchev–Trinajstić information content (AvgIpc) is 3.15. The molecule has 2 aromatic carbocycles. The molecule has 1 heterocycles. The van der Waals surface area contributed by atoms with Gasteiger partial charge in [-0.2, -0.15) is 5.10 Å². The first-order valence-electron chi connectivity index (χ1n) is 7.64. The van der Waals surface area contributed by atoms with Gasteiger partial charge < -0.3 is 4.90 Å². The van der Waals surface area contributed by atoms with E-state index < -0.39 is 5.82 Å². The number of hydrogen-bond donors (Lipinski definition) is 0. The summed E-state index contributed by atoms with van der Waals surface area (Å²) in [6.07, 6.45) is 3.08. The van der Waals surface area contributed by atoms with Gasteiger partial charge in [-0.25, -0.2) is 14.1 Å². The molecule has 0 aliphatic carbocycles. The van der Waals surface area contributed by atoms with Crippen LogP contribution in [0.5, 0.6) is 0 Å². The molecule has 3 aromatic rings. The Morgan fingerprint density at radius 3 is 2.56 bits per heavy atom. The summed E-state index contributed by atoms with van der Waals surface area (Å²) in [5.74, 6) is -0.905. The van der Waals surface area contributed by atoms with Crippen LogP contribution in [0.4, 0.5) is 4.39 Å². The highest BCUT2D eigenvalue weighted by Crippen LogP contribution is 2.24. The van der Waals surface area contributed by atoms with Crippen LogP contribution in [0.1, 0.15) is 28.9 Å². The summed E-state index contributed by atoms with van der Waals surface area (Å²) in [6, 6.07) is 11.9. The van der Waals surface area contributed by atoms with Gasteiger partial charge in [-0.3, -0.25) is 4.79 Å². The van der Waals surface area contributed by atoms with E-state index >= 15 is 0 Å². The number of carbonyl (C=O) groups is 1. The number of benzene rings is 2. The van der Waals surface area contributed by atoms with Crippen LogP contribution in [-0.2, 0) is 0 Å². The molecule has 0 N–H and O–H groups in total. The van der Waals surface area contributed by atoms with Gasteiger partial charge in [0.2, 0.25) is 0 Å². The van der Waals surface area contributed by atoms with Crippen LogP contribution in [0.15, 0.2) is 59.6 Å². The summed E-state index contributed by atoms with van der Waals surface area (Å²) < 4.78 is 16.3. The lowest BCUT2D eigenvalue weighted by Gasteiger charge is -2.26. The van der Waals surface area contributed by atoms with Crippen LogP contribution < -0.4 is 0 Å². The lowest BCUT2D eigenvalue weighted by Crippen LogP contribution is -2.30. The molecule has 0 aliphatic heterocycles. The number of amides is 1. The molecule has 1 amide bonds. The molecule has 7 heteroatoms. The third-order valence-corrected chi connectivity index (χ3v) is 4.61. The van der Waals surface area contributed by atoms with Crippen molar-refractivity contribution in [1.29, 1.82) is 0 Å². The van der Waals surface area contributed by atoms with E-state index in [9.17, 15) is 9.18 Å². The van der Waals surface area contributed by atoms with Crippen LogP contribution in [0.2, 0.25) is 0 Å². The smallest absolute Gasteiger partial charge is 0.257 e. The standard InChI is InChI=1S/C18H16BrFN4O/c1-12(13-3-6-15(7-4-13)24-11-21-10-22-24)23(2)18(25)16-8-5-14(19)9-17(16)20/h3-12H,1-2H3. The molecule has 0 fully saturated rings. The fraction of sp³-hybridized carbons (Fsp3) is 0.167. The van der Waals surface area contributed by atoms with Crippen LogP contribution in [0, 0.1) is 5.82 Å². The van der Waals surface area contributed by atoms with Gasteiger partial charge in [0.25, 0.3) is 5.91 Å². The van der Waals surface area contributed by atoms with E-state index in [2.05, 4.69) is 26.0 Å². The van der Waals surface area contributed by atoms with Crippen LogP contribution >= 0.6 is 15.9 Å². The molecular weight excluding hydrogens is 387 g/mol. The van der Waals surface area contributed by atoms with Gasteiger partial charge in [-0.1, -0.05) is 28.1 Å². The first-order valence-corrected chi connectivity index (χ1v) is 8.44. The minimum absolute atomic E-state index is 0.0526. The molecule has 1 atom stereocenters. The van der Waals surface area contributed by atoms with Crippen molar-refractivity contribution in [2.45, 2.75) is 13.0 Å². The normalized spacial score (nSPS) is 12.0. The van der Waals surface area contributed by atoms with E-state index in [1.807, 2.05) is 31.2 Å². The molecule has 25 heavy (non-hydrogen) atoms. The molecule has 0 saturated carbocycles. The van der Waals surface area contributed by atoms with Gasteiger partial charge in [0, 0.05) is 11.5 Å². The predicted octanol–water partition coefficient (Wildman–Crippen LogP) is 4.00. The van der Waals surface area contributed by atoms with Crippen molar-refractivity contribution in [3.63, 3.8) is 0 Å². The molecule has 128 valence electrons. The summed E-state index contributed by atoms with van der Waals surface area (Å²) in [4.78, 5) is 18.0. The van der Waals surface area contributed by atoms with Crippen LogP contribution in [0.25, 0.3) is 5.69 Å². The minimum atomic E-state index is -0.542. The average molecular weight is 403 g/mol. The van der Waals surface area contributed by atoms with E-state index in [1.54, 1.807) is 24.1 Å². The van der Waals surface area contributed by atoms with Crippen molar-refractivity contribution in [3.8, 4) is 5.69 Å². The molecule has 1 unspecified atom stereocenters. The molecule has 1 aromatic heterocycles. The number of rotatable bonds is 4. The zero-order valence-electron chi connectivity index (χ0n) is 13.7. The second-order valence-electron chi connectivity index (χ2n) is 5.65. The van der Waals surface area contributed by atoms with Crippen LogP contribution in [0.3, 0.4) is 0 Å². The Hall–Kier alpha value is -2.54. The molecule has 5 nitrogen and oxygen atoms in total. The maximum Gasteiger partial charge on any atom is 0.257 e. The van der Waals surface area contributed by atoms with E-state index in [0.29, 0.717) is 4.47 Å². The number of halogens is 2. The Kier molecular flexibility index (Phi) is 4.94. The second-order valence-corrected chi connectivity index (χ2v) is 6.56. The van der Waals surface area contributed by atoms with Gasteiger partial charge >= 0.3 is 0 Å². The van der Waals surface area contributed by atoms with Gasteiger partial charge in [0.1, 0.15) is 18.5 Å². The molecular formula is C18H16BrFN4O. The number of nitrogens with zero attached hydrogens (tertiary/aromatic N) is 4. The third kappa shape index (κ3) is 3.61. The highest BCUT2D eigenvalue weighted by atomic mass is 79.9. The first kappa shape index (κ1) is 17.3. The third-order valence-electron chi connectivity index (χ3n) is 4.12. The second kappa shape index (κ2) is 7.14. The molecule has 0 bridgehead atoms. The van der Waals surface area contributed by atoms with Crippen molar-refractivity contribution in [2.75, 3.05) is 7.05 Å². The summed E-state index contributed by atoms with van der Waals surface area (Å²) in [7, 11) is 1.67. The Bertz CT molecular complexity index is 881. The van der Waals surface area contributed by atoms with E-state index in [1.165, 1.54) is 23.4 Å². The lowest BCUT2D eigenvalue weighted by molar-refractivity contribution is 0.0738. The lowest BCUT2D eigenvalue weighted by atomic mass is 10.1. The first-order chi connectivity index (χ1) is 12.0. The maximum absolute atomic E-state index is 14.0. The fourth-order valence-corrected chi connectivity index (χ4v) is 2.83. The highest BCUT2D eigenvalue weighted by molar-refractivity contribution is 9.10. The van der Waals surface area contributed by atoms with E-state index in [4.69, 9.17) is 0 Å². The predicted molar refractivity (Wildman–Crippen MR) is 96.0 cm³/mol. The van der Waals surface area contributed by atoms with Crippen molar-refractivity contribution in [3.05, 3.63) is 76.5 Å². The Morgan fingerprint density at radius 1 is 1.24 bits per heavy atom. The van der Waals surface area contributed by atoms with Gasteiger partial charge in [0.05, 0.1) is 17.3 Å². The maximum atomic E-state index is 14.0. The molecule has 3 rings (SSSR count). The van der Waals surface area contributed by atoms with Gasteiger partial charge in [-0.15, -0.1) is 0 Å². The number of hydrogen-bond acceptors (Lipinski definition) is 3. The summed E-state index contributed by atoms with van der Waals surface area (Å²) in [6.45, 7) is 1.90. The highest BCUT2D eigenvalue weighted by Gasteiger charge is 2.21. The largest absolute Gasteiger partial charge is 0.335 e. The van der Waals surface area contributed by atoms with Gasteiger partial charge in [-0.05, 0) is 42.8 Å². The fourth-order valence-electron chi connectivity index (χ4n) is 2.50. The Balaban J connectivity index is 1.79. The Morgan fingerprint density at radius 2 is 1.96 bits per heavy atom. The van der Waals surface area contributed by atoms with Gasteiger partial charge in [0.15, 0.2) is 0 Å². The van der Waals surface area contributed by atoms with Crippen molar-refractivity contribution < 1.29 is 9.18 Å². The molecule has 0 radical (unpaired) electrons.